The quantitative estimate of drug-likeness (QED) is 0.685. The first-order chi connectivity index (χ1) is 9.42. The Labute approximate surface area is 120 Å². The van der Waals surface area contributed by atoms with E-state index in [4.69, 9.17) is 5.11 Å². The summed E-state index contributed by atoms with van der Waals surface area (Å²) < 4.78 is 26.5. The average Bonchev–Trinajstić information content (AvgIpc) is 2.37. The highest BCUT2D eigenvalue weighted by molar-refractivity contribution is 7.89. The van der Waals surface area contributed by atoms with Crippen molar-refractivity contribution in [1.82, 2.24) is 4.72 Å². The van der Waals surface area contributed by atoms with Gasteiger partial charge in [0.1, 0.15) is 0 Å². The summed E-state index contributed by atoms with van der Waals surface area (Å²) in [5.74, 6) is -0.787. The zero-order chi connectivity index (χ0) is 15.0. The van der Waals surface area contributed by atoms with Gasteiger partial charge in [-0.25, -0.2) is 13.1 Å². The van der Waals surface area contributed by atoms with Gasteiger partial charge in [-0.15, -0.1) is 0 Å². The van der Waals surface area contributed by atoms with E-state index in [1.165, 1.54) is 0 Å². The molecular weight excluding hydrogens is 278 g/mol. The maximum atomic E-state index is 12.0. The molecule has 2 N–H and O–H groups in total. The number of benzene rings is 1. The van der Waals surface area contributed by atoms with Crippen LogP contribution in [0, 0.1) is 6.92 Å². The molecule has 1 aromatic rings. The number of aliphatic carboxylic acids is 1. The third kappa shape index (κ3) is 6.16. The molecule has 0 unspecified atom stereocenters. The predicted molar refractivity (Wildman–Crippen MR) is 77.1 cm³/mol. The molecule has 0 bridgehead atoms. The van der Waals surface area contributed by atoms with Gasteiger partial charge in [0.05, 0.1) is 4.90 Å². The number of nitrogens with one attached hydrogen (secondary N) is 1. The zero-order valence-electron chi connectivity index (χ0n) is 11.6. The van der Waals surface area contributed by atoms with Crippen LogP contribution in [-0.4, -0.2) is 26.0 Å². The Morgan fingerprint density at radius 2 is 1.90 bits per heavy atom. The number of carboxylic acid groups (broad SMARTS) is 1. The van der Waals surface area contributed by atoms with Gasteiger partial charge in [0.2, 0.25) is 10.0 Å². The van der Waals surface area contributed by atoms with Gasteiger partial charge in [0.25, 0.3) is 0 Å². The lowest BCUT2D eigenvalue weighted by Gasteiger charge is -2.07. The molecule has 0 radical (unpaired) electrons. The number of hydrogen-bond acceptors (Lipinski definition) is 3. The van der Waals surface area contributed by atoms with Crippen LogP contribution in [-0.2, 0) is 14.8 Å². The second kappa shape index (κ2) is 8.01. The molecule has 0 heterocycles. The Hall–Kier alpha value is -1.40. The molecule has 0 aliphatic rings. The van der Waals surface area contributed by atoms with E-state index in [-0.39, 0.29) is 11.3 Å². The van der Waals surface area contributed by atoms with Crippen molar-refractivity contribution in [3.05, 3.63) is 29.8 Å². The Bertz CT molecular complexity index is 540. The first kappa shape index (κ1) is 16.7. The van der Waals surface area contributed by atoms with Crippen molar-refractivity contribution in [2.24, 2.45) is 0 Å². The monoisotopic (exact) mass is 299 g/mol. The zero-order valence-corrected chi connectivity index (χ0v) is 12.4. The highest BCUT2D eigenvalue weighted by atomic mass is 32.2. The average molecular weight is 299 g/mol. The molecule has 0 atom stereocenters. The first-order valence-corrected chi connectivity index (χ1v) is 8.18. The Balaban J connectivity index is 2.29. The summed E-state index contributed by atoms with van der Waals surface area (Å²) in [6.07, 6.45) is 3.15. The summed E-state index contributed by atoms with van der Waals surface area (Å²) in [5.41, 5.74) is 0.904. The van der Waals surface area contributed by atoms with Crippen LogP contribution in [0.2, 0.25) is 0 Å². The number of carbonyl (C=O) groups is 1. The SMILES string of the molecule is Cc1cccc(S(=O)(=O)NCCCCCCC(=O)O)c1. The second-order valence-electron chi connectivity index (χ2n) is 4.77. The van der Waals surface area contributed by atoms with Crippen molar-refractivity contribution in [2.45, 2.75) is 43.9 Å². The molecule has 20 heavy (non-hydrogen) atoms. The maximum Gasteiger partial charge on any atom is 0.303 e. The summed E-state index contributed by atoms with van der Waals surface area (Å²) in [6, 6.07) is 6.77. The van der Waals surface area contributed by atoms with E-state index in [1.807, 2.05) is 13.0 Å². The van der Waals surface area contributed by atoms with Crippen molar-refractivity contribution in [3.8, 4) is 0 Å². The Morgan fingerprint density at radius 1 is 1.20 bits per heavy atom. The lowest BCUT2D eigenvalue weighted by molar-refractivity contribution is -0.137. The molecule has 0 amide bonds. The van der Waals surface area contributed by atoms with Gasteiger partial charge in [-0.3, -0.25) is 4.79 Å². The minimum Gasteiger partial charge on any atom is -0.481 e. The molecule has 6 heteroatoms. The van der Waals surface area contributed by atoms with Crippen LogP contribution in [0.25, 0.3) is 0 Å². The van der Waals surface area contributed by atoms with Gasteiger partial charge in [0, 0.05) is 13.0 Å². The number of sulfonamides is 1. The number of aryl methyl sites for hydroxylation is 1. The fraction of sp³-hybridized carbons (Fsp3) is 0.500. The van der Waals surface area contributed by atoms with Crippen LogP contribution in [0.1, 0.15) is 37.7 Å². The van der Waals surface area contributed by atoms with Crippen molar-refractivity contribution in [3.63, 3.8) is 0 Å². The second-order valence-corrected chi connectivity index (χ2v) is 6.54. The lowest BCUT2D eigenvalue weighted by atomic mass is 10.1. The van der Waals surface area contributed by atoms with Crippen molar-refractivity contribution >= 4 is 16.0 Å². The predicted octanol–water partition coefficient (Wildman–Crippen LogP) is 2.31. The summed E-state index contributed by atoms with van der Waals surface area (Å²) >= 11 is 0. The van der Waals surface area contributed by atoms with Gasteiger partial charge >= 0.3 is 5.97 Å². The van der Waals surface area contributed by atoms with E-state index in [2.05, 4.69) is 4.72 Å². The molecule has 0 aliphatic carbocycles. The van der Waals surface area contributed by atoms with Crippen LogP contribution in [0.5, 0.6) is 0 Å². The topological polar surface area (TPSA) is 83.5 Å². The summed E-state index contributed by atoms with van der Waals surface area (Å²) in [4.78, 5) is 10.6. The van der Waals surface area contributed by atoms with Crippen molar-refractivity contribution < 1.29 is 18.3 Å². The number of rotatable bonds is 9. The number of unbranched alkanes of at least 4 members (excludes halogenated alkanes) is 3. The molecular formula is C14H21NO4S. The fourth-order valence-corrected chi connectivity index (χ4v) is 3.01. The standard InChI is InChI=1S/C14H21NO4S/c1-12-7-6-8-13(11-12)20(18,19)15-10-5-3-2-4-9-14(16)17/h6-8,11,15H,2-5,9-10H2,1H3,(H,16,17). The van der Waals surface area contributed by atoms with Gasteiger partial charge in [-0.2, -0.15) is 0 Å². The van der Waals surface area contributed by atoms with Crippen LogP contribution >= 0.6 is 0 Å². The van der Waals surface area contributed by atoms with Crippen LogP contribution < -0.4 is 4.72 Å². The largest absolute Gasteiger partial charge is 0.481 e. The smallest absolute Gasteiger partial charge is 0.303 e. The molecule has 0 aromatic heterocycles. The molecule has 0 spiro atoms. The maximum absolute atomic E-state index is 12.0. The molecule has 0 saturated carbocycles. The summed E-state index contributed by atoms with van der Waals surface area (Å²) in [6.45, 7) is 2.23. The van der Waals surface area contributed by atoms with E-state index in [9.17, 15) is 13.2 Å². The third-order valence-corrected chi connectivity index (χ3v) is 4.37. The summed E-state index contributed by atoms with van der Waals surface area (Å²) in [7, 11) is -3.43. The van der Waals surface area contributed by atoms with Gasteiger partial charge < -0.3 is 5.11 Å². The van der Waals surface area contributed by atoms with Crippen molar-refractivity contribution in [1.29, 1.82) is 0 Å². The molecule has 5 nitrogen and oxygen atoms in total. The van der Waals surface area contributed by atoms with Crippen LogP contribution in [0.15, 0.2) is 29.2 Å². The molecule has 1 rings (SSSR count). The molecule has 0 aliphatic heterocycles. The van der Waals surface area contributed by atoms with E-state index >= 15 is 0 Å². The first-order valence-electron chi connectivity index (χ1n) is 6.70. The molecule has 1 aromatic carbocycles. The van der Waals surface area contributed by atoms with Gasteiger partial charge in [-0.05, 0) is 37.5 Å². The van der Waals surface area contributed by atoms with E-state index in [0.717, 1.165) is 18.4 Å². The van der Waals surface area contributed by atoms with Crippen molar-refractivity contribution in [2.75, 3.05) is 6.54 Å². The third-order valence-electron chi connectivity index (χ3n) is 2.91. The molecule has 0 fully saturated rings. The van der Waals surface area contributed by atoms with Gasteiger partial charge in [0.15, 0.2) is 0 Å². The number of carboxylic acids is 1. The van der Waals surface area contributed by atoms with E-state index < -0.39 is 16.0 Å². The van der Waals surface area contributed by atoms with Crippen LogP contribution in [0.4, 0.5) is 0 Å². The fourth-order valence-electron chi connectivity index (χ4n) is 1.83. The minimum absolute atomic E-state index is 0.176. The van der Waals surface area contributed by atoms with E-state index in [1.54, 1.807) is 18.2 Å². The Morgan fingerprint density at radius 3 is 2.55 bits per heavy atom. The highest BCUT2D eigenvalue weighted by Gasteiger charge is 2.12. The van der Waals surface area contributed by atoms with Crippen LogP contribution in [0.3, 0.4) is 0 Å². The number of hydrogen-bond donors (Lipinski definition) is 2. The lowest BCUT2D eigenvalue weighted by Crippen LogP contribution is -2.24. The normalized spacial score (nSPS) is 11.4. The molecule has 112 valence electrons. The highest BCUT2D eigenvalue weighted by Crippen LogP contribution is 2.11. The van der Waals surface area contributed by atoms with E-state index in [0.29, 0.717) is 19.4 Å². The summed E-state index contributed by atoms with van der Waals surface area (Å²) in [5, 5.41) is 8.48. The van der Waals surface area contributed by atoms with Gasteiger partial charge in [-0.1, -0.05) is 25.0 Å². The minimum atomic E-state index is -3.43. The Kier molecular flexibility index (Phi) is 6.67. The molecule has 0 saturated heterocycles.